The second-order valence-corrected chi connectivity index (χ2v) is 8.24. The first-order valence-corrected chi connectivity index (χ1v) is 9.46. The molecule has 0 aliphatic carbocycles. The van der Waals surface area contributed by atoms with Crippen LogP contribution in [0, 0.1) is 26.2 Å². The number of nitrogens with zero attached hydrogens (tertiary/aromatic N) is 2. The molecule has 0 spiro atoms. The number of ketones is 1. The van der Waals surface area contributed by atoms with Gasteiger partial charge in [-0.05, 0) is 50.6 Å². The molecule has 0 atom stereocenters. The van der Waals surface area contributed by atoms with Crippen LogP contribution >= 0.6 is 11.8 Å². The highest BCUT2D eigenvalue weighted by Crippen LogP contribution is 2.20. The van der Waals surface area contributed by atoms with Gasteiger partial charge in [-0.2, -0.15) is 0 Å². The molecule has 2 rings (SSSR count). The summed E-state index contributed by atoms with van der Waals surface area (Å²) in [5.41, 5.74) is 3.77. The van der Waals surface area contributed by atoms with Gasteiger partial charge in [0.15, 0.2) is 10.9 Å². The maximum Gasteiger partial charge on any atom is 0.229 e. The molecule has 0 aliphatic rings. The fourth-order valence-electron chi connectivity index (χ4n) is 2.08. The maximum absolute atomic E-state index is 12.4. The molecule has 1 aromatic heterocycles. The molecule has 138 valence electrons. The standard InChI is InChI=1S/C20H25N3O2S/c1-12-13(2)21-19(22-14(12)3)26-11-17(24)15-7-9-16(10-8-15)23-18(25)20(4,5)6/h7-10H,11H2,1-6H3,(H,23,25). The average Bonchev–Trinajstić information content (AvgIpc) is 2.57. The third kappa shape index (κ3) is 5.14. The molecule has 1 aromatic carbocycles. The second kappa shape index (κ2) is 7.99. The van der Waals surface area contributed by atoms with Crippen molar-refractivity contribution >= 4 is 29.1 Å². The van der Waals surface area contributed by atoms with Crippen molar-refractivity contribution in [3.8, 4) is 0 Å². The molecule has 1 amide bonds. The molecule has 0 unspecified atom stereocenters. The average molecular weight is 372 g/mol. The summed E-state index contributed by atoms with van der Waals surface area (Å²) in [6, 6.07) is 6.96. The van der Waals surface area contributed by atoms with Crippen molar-refractivity contribution < 1.29 is 9.59 Å². The summed E-state index contributed by atoms with van der Waals surface area (Å²) in [6.45, 7) is 11.4. The zero-order valence-electron chi connectivity index (χ0n) is 16.1. The molecule has 0 fully saturated rings. The van der Waals surface area contributed by atoms with Crippen LogP contribution in [0.4, 0.5) is 5.69 Å². The second-order valence-electron chi connectivity index (χ2n) is 7.30. The van der Waals surface area contributed by atoms with Crippen molar-refractivity contribution in [1.82, 2.24) is 9.97 Å². The fourth-order valence-corrected chi connectivity index (χ4v) is 2.91. The van der Waals surface area contributed by atoms with Crippen LogP contribution in [-0.4, -0.2) is 27.4 Å². The largest absolute Gasteiger partial charge is 0.326 e. The van der Waals surface area contributed by atoms with Crippen LogP contribution in [0.15, 0.2) is 29.4 Å². The number of anilines is 1. The van der Waals surface area contributed by atoms with Gasteiger partial charge in [0.05, 0.1) is 5.75 Å². The lowest BCUT2D eigenvalue weighted by Gasteiger charge is -2.17. The van der Waals surface area contributed by atoms with E-state index >= 15 is 0 Å². The van der Waals surface area contributed by atoms with E-state index in [4.69, 9.17) is 0 Å². The molecule has 0 bridgehead atoms. The van der Waals surface area contributed by atoms with Gasteiger partial charge in [-0.15, -0.1) is 0 Å². The van der Waals surface area contributed by atoms with Crippen LogP contribution in [-0.2, 0) is 4.79 Å². The van der Waals surface area contributed by atoms with Crippen LogP contribution in [0.2, 0.25) is 0 Å². The predicted molar refractivity (Wildman–Crippen MR) is 106 cm³/mol. The van der Waals surface area contributed by atoms with Crippen LogP contribution < -0.4 is 5.32 Å². The molecule has 26 heavy (non-hydrogen) atoms. The van der Waals surface area contributed by atoms with Gasteiger partial charge in [-0.1, -0.05) is 32.5 Å². The number of aryl methyl sites for hydroxylation is 2. The lowest BCUT2D eigenvalue weighted by molar-refractivity contribution is -0.123. The Bertz CT molecular complexity index is 801. The molecule has 1 N–H and O–H groups in total. The van der Waals surface area contributed by atoms with E-state index in [1.54, 1.807) is 24.3 Å². The fraction of sp³-hybridized carbons (Fsp3) is 0.400. The van der Waals surface area contributed by atoms with Crippen molar-refractivity contribution in [3.63, 3.8) is 0 Å². The van der Waals surface area contributed by atoms with Gasteiger partial charge in [0.25, 0.3) is 0 Å². The normalized spacial score (nSPS) is 11.3. The summed E-state index contributed by atoms with van der Waals surface area (Å²) in [4.78, 5) is 33.2. The van der Waals surface area contributed by atoms with Crippen molar-refractivity contribution in [1.29, 1.82) is 0 Å². The minimum atomic E-state index is -0.463. The Morgan fingerprint density at radius 1 is 1.00 bits per heavy atom. The van der Waals surface area contributed by atoms with Crippen LogP contribution in [0.5, 0.6) is 0 Å². The van der Waals surface area contributed by atoms with Crippen LogP contribution in [0.3, 0.4) is 0 Å². The van der Waals surface area contributed by atoms with E-state index in [1.165, 1.54) is 11.8 Å². The summed E-state index contributed by atoms with van der Waals surface area (Å²) in [5, 5.41) is 3.47. The number of carbonyl (C=O) groups is 2. The SMILES string of the molecule is Cc1nc(SCC(=O)c2ccc(NC(=O)C(C)(C)C)cc2)nc(C)c1C. The van der Waals surface area contributed by atoms with Crippen LogP contribution in [0.25, 0.3) is 0 Å². The summed E-state index contributed by atoms with van der Waals surface area (Å²) >= 11 is 1.34. The highest BCUT2D eigenvalue weighted by Gasteiger charge is 2.21. The Morgan fingerprint density at radius 3 is 2.04 bits per heavy atom. The van der Waals surface area contributed by atoms with Crippen molar-refractivity contribution in [3.05, 3.63) is 46.8 Å². The number of carbonyl (C=O) groups excluding carboxylic acids is 2. The maximum atomic E-state index is 12.4. The van der Waals surface area contributed by atoms with E-state index in [2.05, 4.69) is 15.3 Å². The number of nitrogens with one attached hydrogen (secondary N) is 1. The smallest absolute Gasteiger partial charge is 0.229 e. The zero-order chi connectivity index (χ0) is 19.5. The third-order valence-electron chi connectivity index (χ3n) is 4.09. The number of hydrogen-bond acceptors (Lipinski definition) is 5. The number of aromatic nitrogens is 2. The van der Waals surface area contributed by atoms with Crippen molar-refractivity contribution in [2.45, 2.75) is 46.7 Å². The summed E-state index contributed by atoms with van der Waals surface area (Å²) in [5.74, 6) is 0.216. The van der Waals surface area contributed by atoms with E-state index in [0.29, 0.717) is 16.4 Å². The van der Waals surface area contributed by atoms with E-state index in [-0.39, 0.29) is 17.4 Å². The first kappa shape index (κ1) is 20.1. The van der Waals surface area contributed by atoms with E-state index in [9.17, 15) is 9.59 Å². The predicted octanol–water partition coefficient (Wildman–Crippen LogP) is 4.36. The minimum absolute atomic E-state index is 0.00294. The molecule has 1 heterocycles. The Kier molecular flexibility index (Phi) is 6.18. The van der Waals surface area contributed by atoms with E-state index < -0.39 is 5.41 Å². The quantitative estimate of drug-likeness (QED) is 0.480. The molecule has 2 aromatic rings. The summed E-state index contributed by atoms with van der Waals surface area (Å²) in [7, 11) is 0. The Hall–Kier alpha value is -2.21. The monoisotopic (exact) mass is 371 g/mol. The minimum Gasteiger partial charge on any atom is -0.326 e. The summed E-state index contributed by atoms with van der Waals surface area (Å²) in [6.07, 6.45) is 0. The molecule has 5 nitrogen and oxygen atoms in total. The first-order valence-electron chi connectivity index (χ1n) is 8.47. The third-order valence-corrected chi connectivity index (χ3v) is 4.94. The van der Waals surface area contributed by atoms with Gasteiger partial charge in [0, 0.05) is 28.1 Å². The molecule has 6 heteroatoms. The Labute approximate surface area is 159 Å². The molecule has 0 saturated carbocycles. The van der Waals surface area contributed by atoms with Gasteiger partial charge < -0.3 is 5.32 Å². The highest BCUT2D eigenvalue weighted by molar-refractivity contribution is 7.99. The van der Waals surface area contributed by atoms with Gasteiger partial charge in [-0.3, -0.25) is 9.59 Å². The summed E-state index contributed by atoms with van der Waals surface area (Å²) < 4.78 is 0. The highest BCUT2D eigenvalue weighted by atomic mass is 32.2. The number of amides is 1. The van der Waals surface area contributed by atoms with Crippen LogP contribution in [0.1, 0.15) is 48.1 Å². The lowest BCUT2D eigenvalue weighted by atomic mass is 9.95. The number of thioether (sulfide) groups is 1. The van der Waals surface area contributed by atoms with Crippen molar-refractivity contribution in [2.24, 2.45) is 5.41 Å². The topological polar surface area (TPSA) is 72.0 Å². The first-order chi connectivity index (χ1) is 12.1. The van der Waals surface area contributed by atoms with Gasteiger partial charge >= 0.3 is 0 Å². The molecular weight excluding hydrogens is 346 g/mol. The molecule has 0 radical (unpaired) electrons. The number of rotatable bonds is 5. The number of benzene rings is 1. The van der Waals surface area contributed by atoms with Gasteiger partial charge in [0.2, 0.25) is 5.91 Å². The zero-order valence-corrected chi connectivity index (χ0v) is 17.0. The molecule has 0 saturated heterocycles. The van der Waals surface area contributed by atoms with Gasteiger partial charge in [-0.25, -0.2) is 9.97 Å². The number of hydrogen-bond donors (Lipinski definition) is 1. The van der Waals surface area contributed by atoms with E-state index in [0.717, 1.165) is 17.0 Å². The molecule has 0 aliphatic heterocycles. The number of Topliss-reactive ketones (excluding diaryl/α,β-unsaturated/α-hetero) is 1. The van der Waals surface area contributed by atoms with Crippen molar-refractivity contribution in [2.75, 3.05) is 11.1 Å². The lowest BCUT2D eigenvalue weighted by Crippen LogP contribution is -2.27. The Morgan fingerprint density at radius 2 is 1.54 bits per heavy atom. The van der Waals surface area contributed by atoms with E-state index in [1.807, 2.05) is 41.5 Å². The van der Waals surface area contributed by atoms with Gasteiger partial charge in [0.1, 0.15) is 0 Å². The molecular formula is C20H25N3O2S. The Balaban J connectivity index is 1.99.